The van der Waals surface area contributed by atoms with Gasteiger partial charge >= 0.3 is 0 Å². The molecule has 1 saturated carbocycles. The summed E-state index contributed by atoms with van der Waals surface area (Å²) in [5, 5.41) is 17.5. The molecule has 180 valence electrons. The van der Waals surface area contributed by atoms with Crippen molar-refractivity contribution in [3.63, 3.8) is 0 Å². The number of aromatic nitrogens is 1. The summed E-state index contributed by atoms with van der Waals surface area (Å²) >= 11 is 0. The maximum Gasteiger partial charge on any atom is 0.243 e. The third-order valence-corrected chi connectivity index (χ3v) is 6.70. The summed E-state index contributed by atoms with van der Waals surface area (Å²) in [6.45, 7) is 3.01. The van der Waals surface area contributed by atoms with E-state index in [0.29, 0.717) is 29.0 Å². The quantitative estimate of drug-likeness (QED) is 0.460. The lowest BCUT2D eigenvalue weighted by Gasteiger charge is -2.33. The number of carbonyl (C=O) groups excluding carboxylic acids is 2. The second-order valence-electron chi connectivity index (χ2n) is 9.48. The van der Waals surface area contributed by atoms with E-state index in [1.54, 1.807) is 13.0 Å². The summed E-state index contributed by atoms with van der Waals surface area (Å²) in [5.74, 6) is -0.0702. The van der Waals surface area contributed by atoms with E-state index in [-0.39, 0.29) is 17.7 Å². The molecule has 1 fully saturated rings. The number of oxazole rings is 1. The molecule has 7 nitrogen and oxygen atoms in total. The highest BCUT2D eigenvalue weighted by Gasteiger charge is 2.41. The van der Waals surface area contributed by atoms with Gasteiger partial charge in [0.1, 0.15) is 11.6 Å². The zero-order chi connectivity index (χ0) is 24.1. The first kappa shape index (κ1) is 24.0. The van der Waals surface area contributed by atoms with Gasteiger partial charge < -0.3 is 20.2 Å². The molecular formula is C27H33N3O4. The van der Waals surface area contributed by atoms with Crippen molar-refractivity contribution in [3.05, 3.63) is 66.1 Å². The van der Waals surface area contributed by atoms with Crippen molar-refractivity contribution in [2.75, 3.05) is 0 Å². The second kappa shape index (κ2) is 10.4. The molecule has 34 heavy (non-hydrogen) atoms. The molecule has 0 spiro atoms. The lowest BCUT2D eigenvalue weighted by atomic mass is 9.84. The molecule has 0 radical (unpaired) electrons. The van der Waals surface area contributed by atoms with Crippen molar-refractivity contribution < 1.29 is 19.1 Å². The van der Waals surface area contributed by atoms with E-state index >= 15 is 0 Å². The number of hydrogen-bond acceptors (Lipinski definition) is 5. The Balaban J connectivity index is 1.63. The number of aliphatic hydroxyl groups is 1. The van der Waals surface area contributed by atoms with Gasteiger partial charge in [0, 0.05) is 6.92 Å². The molecule has 0 bridgehead atoms. The third-order valence-electron chi connectivity index (χ3n) is 6.70. The number of amides is 2. The highest BCUT2D eigenvalue weighted by Crippen LogP contribution is 2.36. The molecule has 2 amide bonds. The van der Waals surface area contributed by atoms with Crippen LogP contribution in [0.15, 0.2) is 59.0 Å². The Morgan fingerprint density at radius 2 is 1.74 bits per heavy atom. The number of rotatable bonds is 8. The van der Waals surface area contributed by atoms with Gasteiger partial charge in [-0.3, -0.25) is 9.59 Å². The molecule has 0 saturated heterocycles. The van der Waals surface area contributed by atoms with Crippen molar-refractivity contribution in [2.24, 2.45) is 5.92 Å². The van der Waals surface area contributed by atoms with E-state index in [9.17, 15) is 14.7 Å². The van der Waals surface area contributed by atoms with E-state index in [1.165, 1.54) is 13.3 Å². The van der Waals surface area contributed by atoms with Crippen LogP contribution in [0.25, 0.3) is 11.1 Å². The molecule has 1 heterocycles. The molecule has 3 aromatic rings. The molecule has 1 aromatic heterocycles. The molecule has 1 aliphatic rings. The van der Waals surface area contributed by atoms with Crippen LogP contribution in [0.1, 0.15) is 69.9 Å². The number of nitrogens with one attached hydrogen (secondary N) is 2. The lowest BCUT2D eigenvalue weighted by Crippen LogP contribution is -2.51. The molecule has 1 unspecified atom stereocenters. The maximum atomic E-state index is 13.5. The zero-order valence-electron chi connectivity index (χ0n) is 19.8. The number of nitrogens with zero attached hydrogens (tertiary/aromatic N) is 1. The predicted octanol–water partition coefficient (Wildman–Crippen LogP) is 4.37. The SMILES string of the molecule is CC(=O)N[C@@H](CC1CCCCC1)C(=O)N[C@H](c1ccccc1)C(C)(O)c1nc2ccccc2o1. The van der Waals surface area contributed by atoms with Crippen molar-refractivity contribution in [3.8, 4) is 0 Å². The molecule has 3 atom stereocenters. The molecule has 2 aromatic carbocycles. The number of fused-ring (bicyclic) bond motifs is 1. The Bertz CT molecular complexity index is 1090. The minimum Gasteiger partial charge on any atom is -0.437 e. The molecular weight excluding hydrogens is 430 g/mol. The van der Waals surface area contributed by atoms with Crippen molar-refractivity contribution >= 4 is 22.9 Å². The van der Waals surface area contributed by atoms with Gasteiger partial charge in [-0.1, -0.05) is 74.6 Å². The summed E-state index contributed by atoms with van der Waals surface area (Å²) in [5.41, 5.74) is 0.262. The van der Waals surface area contributed by atoms with Crippen LogP contribution in [0.4, 0.5) is 0 Å². The maximum absolute atomic E-state index is 13.5. The predicted molar refractivity (Wildman–Crippen MR) is 130 cm³/mol. The van der Waals surface area contributed by atoms with E-state index in [4.69, 9.17) is 4.42 Å². The fraction of sp³-hybridized carbons (Fsp3) is 0.444. The fourth-order valence-corrected chi connectivity index (χ4v) is 4.88. The van der Waals surface area contributed by atoms with Gasteiger partial charge in [-0.2, -0.15) is 0 Å². The van der Waals surface area contributed by atoms with E-state index in [0.717, 1.165) is 25.7 Å². The summed E-state index contributed by atoms with van der Waals surface area (Å²) in [7, 11) is 0. The largest absolute Gasteiger partial charge is 0.437 e. The van der Waals surface area contributed by atoms with Gasteiger partial charge in [0.2, 0.25) is 17.7 Å². The smallest absolute Gasteiger partial charge is 0.243 e. The summed E-state index contributed by atoms with van der Waals surface area (Å²) in [6.07, 6.45) is 6.23. The summed E-state index contributed by atoms with van der Waals surface area (Å²) in [6, 6.07) is 15.0. The second-order valence-corrected chi connectivity index (χ2v) is 9.48. The number of benzene rings is 2. The van der Waals surface area contributed by atoms with Gasteiger partial charge in [-0.25, -0.2) is 4.98 Å². The molecule has 4 rings (SSSR count). The van der Waals surface area contributed by atoms with Crippen LogP contribution in [0, 0.1) is 5.92 Å². The van der Waals surface area contributed by atoms with Crippen molar-refractivity contribution in [1.29, 1.82) is 0 Å². The van der Waals surface area contributed by atoms with E-state index in [1.807, 2.05) is 48.5 Å². The van der Waals surface area contributed by atoms with Gasteiger partial charge in [0.05, 0.1) is 6.04 Å². The number of carbonyl (C=O) groups is 2. The minimum absolute atomic E-state index is 0.117. The van der Waals surface area contributed by atoms with Crippen LogP contribution in [0.2, 0.25) is 0 Å². The van der Waals surface area contributed by atoms with E-state index < -0.39 is 17.7 Å². The first-order valence-corrected chi connectivity index (χ1v) is 12.1. The van der Waals surface area contributed by atoms with Crippen LogP contribution in [0.3, 0.4) is 0 Å². The van der Waals surface area contributed by atoms with Gasteiger partial charge in [-0.15, -0.1) is 0 Å². The monoisotopic (exact) mass is 463 g/mol. The third kappa shape index (κ3) is 5.47. The normalized spacial score (nSPS) is 18.1. The highest BCUT2D eigenvalue weighted by molar-refractivity contribution is 5.87. The average molecular weight is 464 g/mol. The Morgan fingerprint density at radius 1 is 1.06 bits per heavy atom. The van der Waals surface area contributed by atoms with Gasteiger partial charge in [-0.05, 0) is 37.0 Å². The number of hydrogen-bond donors (Lipinski definition) is 3. The standard InChI is InChI=1S/C27H33N3O4/c1-18(31)28-22(17-19-11-5-3-6-12-19)25(32)30-24(20-13-7-4-8-14-20)27(2,33)26-29-21-15-9-10-16-23(21)34-26/h4,7-10,13-16,19,22,24,33H,3,5-6,11-12,17H2,1-2H3,(H,28,31)(H,30,32)/t22-,24+,27?/m0/s1. The van der Waals surface area contributed by atoms with Gasteiger partial charge in [0.15, 0.2) is 11.2 Å². The Morgan fingerprint density at radius 3 is 2.41 bits per heavy atom. The van der Waals surface area contributed by atoms with Crippen molar-refractivity contribution in [2.45, 2.75) is 70.1 Å². The summed E-state index contributed by atoms with van der Waals surface area (Å²) in [4.78, 5) is 29.9. The zero-order valence-corrected chi connectivity index (χ0v) is 19.8. The molecule has 7 heteroatoms. The summed E-state index contributed by atoms with van der Waals surface area (Å²) < 4.78 is 5.88. The minimum atomic E-state index is -1.64. The fourth-order valence-electron chi connectivity index (χ4n) is 4.88. The van der Waals surface area contributed by atoms with Crippen LogP contribution < -0.4 is 10.6 Å². The average Bonchev–Trinajstić information content (AvgIpc) is 3.28. The van der Waals surface area contributed by atoms with Crippen LogP contribution in [0.5, 0.6) is 0 Å². The molecule has 3 N–H and O–H groups in total. The molecule has 0 aliphatic heterocycles. The first-order valence-electron chi connectivity index (χ1n) is 12.1. The lowest BCUT2D eigenvalue weighted by molar-refractivity contribution is -0.131. The Hall–Kier alpha value is -3.19. The highest BCUT2D eigenvalue weighted by atomic mass is 16.4. The Labute approximate surface area is 200 Å². The molecule has 1 aliphatic carbocycles. The van der Waals surface area contributed by atoms with Gasteiger partial charge in [0.25, 0.3) is 0 Å². The first-order chi connectivity index (χ1) is 16.3. The van der Waals surface area contributed by atoms with Crippen LogP contribution in [-0.2, 0) is 15.2 Å². The van der Waals surface area contributed by atoms with Crippen LogP contribution in [-0.4, -0.2) is 27.9 Å². The topological polar surface area (TPSA) is 104 Å². The van der Waals surface area contributed by atoms with E-state index in [2.05, 4.69) is 15.6 Å². The van der Waals surface area contributed by atoms with Crippen molar-refractivity contribution in [1.82, 2.24) is 15.6 Å². The van der Waals surface area contributed by atoms with Crippen LogP contribution >= 0.6 is 0 Å². The number of para-hydroxylation sites is 2. The Kier molecular flexibility index (Phi) is 7.32.